The summed E-state index contributed by atoms with van der Waals surface area (Å²) in [7, 11) is -1.75. The van der Waals surface area contributed by atoms with Crippen LogP contribution in [0.2, 0.25) is 0 Å². The molecule has 3 aliphatic rings. The van der Waals surface area contributed by atoms with Crippen molar-refractivity contribution >= 4 is 43.9 Å². The number of nitrogens with one attached hydrogen (secondary N) is 2. The van der Waals surface area contributed by atoms with E-state index in [-0.39, 0.29) is 23.5 Å². The number of nitrogens with zero attached hydrogens (tertiary/aromatic N) is 3. The van der Waals surface area contributed by atoms with Gasteiger partial charge in [-0.2, -0.15) is 0 Å². The number of sulfonamides is 1. The minimum absolute atomic E-state index is 0.122. The quantitative estimate of drug-likeness (QED) is 0.367. The monoisotopic (exact) mass is 553 g/mol. The fourth-order valence-corrected chi connectivity index (χ4v) is 6.35. The van der Waals surface area contributed by atoms with Gasteiger partial charge < -0.3 is 24.6 Å². The first kappa shape index (κ1) is 25.9. The van der Waals surface area contributed by atoms with Crippen molar-refractivity contribution in [2.45, 2.75) is 51.0 Å². The molecule has 1 aliphatic heterocycles. The van der Waals surface area contributed by atoms with Gasteiger partial charge in [0.2, 0.25) is 15.9 Å². The van der Waals surface area contributed by atoms with Crippen LogP contribution in [0.25, 0.3) is 10.9 Å². The van der Waals surface area contributed by atoms with E-state index in [0.29, 0.717) is 22.7 Å². The van der Waals surface area contributed by atoms with Crippen molar-refractivity contribution in [2.75, 3.05) is 40.4 Å². The van der Waals surface area contributed by atoms with Crippen molar-refractivity contribution in [3.05, 3.63) is 42.2 Å². The van der Waals surface area contributed by atoms with Gasteiger partial charge in [0, 0.05) is 31.7 Å². The number of piperidine rings is 1. The summed E-state index contributed by atoms with van der Waals surface area (Å²) in [6.07, 6.45) is 9.85. The van der Waals surface area contributed by atoms with E-state index in [2.05, 4.69) is 19.9 Å². The Labute approximate surface area is 228 Å². The number of aromatic nitrogens is 2. The van der Waals surface area contributed by atoms with Crippen LogP contribution in [0.3, 0.4) is 0 Å². The molecule has 39 heavy (non-hydrogen) atoms. The fraction of sp³-hybridized carbons (Fsp3) is 0.500. The standard InChI is InChI=1S/C28H35N5O5S/c1-32-12-7-19-17-23(30-27(25(19)32)38-21-3-2-4-21)26(35)29-22-6-5-20(31-39(36,37)16-15-34)18-24(22)33-13-10-28(8-9-28)11-14-33/h5-7,12,17-18,21,31,34H,2-4,8-11,13-16H2,1H3,(H,29,35). The summed E-state index contributed by atoms with van der Waals surface area (Å²) in [4.78, 5) is 20.4. The van der Waals surface area contributed by atoms with Gasteiger partial charge in [-0.15, -0.1) is 0 Å². The van der Waals surface area contributed by atoms with Crippen LogP contribution in [0.5, 0.6) is 5.88 Å². The number of rotatable bonds is 9. The zero-order chi connectivity index (χ0) is 27.2. The first-order chi connectivity index (χ1) is 18.7. The van der Waals surface area contributed by atoms with Crippen LogP contribution in [0, 0.1) is 5.41 Å². The summed E-state index contributed by atoms with van der Waals surface area (Å²) in [5.41, 5.74) is 3.33. The number of aliphatic hydroxyl groups excluding tert-OH is 1. The van der Waals surface area contributed by atoms with Crippen LogP contribution >= 0.6 is 0 Å². The van der Waals surface area contributed by atoms with E-state index in [4.69, 9.17) is 9.84 Å². The molecule has 1 amide bonds. The van der Waals surface area contributed by atoms with Gasteiger partial charge in [-0.25, -0.2) is 13.4 Å². The number of anilines is 3. The maximum atomic E-state index is 13.5. The summed E-state index contributed by atoms with van der Waals surface area (Å²) in [6, 6.07) is 8.82. The molecule has 6 rings (SSSR count). The van der Waals surface area contributed by atoms with E-state index in [1.54, 1.807) is 24.3 Å². The van der Waals surface area contributed by atoms with Crippen LogP contribution in [0.15, 0.2) is 36.5 Å². The van der Waals surface area contributed by atoms with Crippen LogP contribution in [-0.2, 0) is 17.1 Å². The maximum absolute atomic E-state index is 13.5. The lowest BCUT2D eigenvalue weighted by Crippen LogP contribution is -2.35. The largest absolute Gasteiger partial charge is 0.473 e. The molecular weight excluding hydrogens is 518 g/mol. The molecule has 10 nitrogen and oxygen atoms in total. The van der Waals surface area contributed by atoms with Crippen LogP contribution in [0.1, 0.15) is 55.4 Å². The highest BCUT2D eigenvalue weighted by Crippen LogP contribution is 2.54. The Morgan fingerprint density at radius 2 is 1.92 bits per heavy atom. The number of hydrogen-bond donors (Lipinski definition) is 3. The van der Waals surface area contributed by atoms with Crippen LogP contribution < -0.4 is 19.7 Å². The van der Waals surface area contributed by atoms with Gasteiger partial charge in [-0.05, 0) is 80.7 Å². The number of pyridine rings is 1. The number of carbonyl (C=O) groups is 1. The number of ether oxygens (including phenoxy) is 1. The van der Waals surface area contributed by atoms with Crippen molar-refractivity contribution in [1.82, 2.24) is 9.55 Å². The molecule has 3 aromatic rings. The van der Waals surface area contributed by atoms with E-state index >= 15 is 0 Å². The highest BCUT2D eigenvalue weighted by Gasteiger charge is 2.44. The predicted octanol–water partition coefficient (Wildman–Crippen LogP) is 3.87. The molecule has 0 unspecified atom stereocenters. The summed E-state index contributed by atoms with van der Waals surface area (Å²) >= 11 is 0. The van der Waals surface area contributed by atoms with Gasteiger partial charge in [0.05, 0.1) is 29.4 Å². The highest BCUT2D eigenvalue weighted by molar-refractivity contribution is 7.92. The molecule has 1 spiro atoms. The summed E-state index contributed by atoms with van der Waals surface area (Å²) in [6.45, 7) is 1.21. The van der Waals surface area contributed by atoms with Gasteiger partial charge in [0.15, 0.2) is 0 Å². The van der Waals surface area contributed by atoms with Crippen LogP contribution in [-0.4, -0.2) is 60.5 Å². The Hall–Kier alpha value is -3.31. The number of hydrogen-bond acceptors (Lipinski definition) is 7. The average Bonchev–Trinajstić information content (AvgIpc) is 3.53. The third kappa shape index (κ3) is 5.42. The third-order valence-electron chi connectivity index (χ3n) is 8.38. The van der Waals surface area contributed by atoms with Gasteiger partial charge in [-0.1, -0.05) is 0 Å². The van der Waals surface area contributed by atoms with E-state index < -0.39 is 16.6 Å². The van der Waals surface area contributed by atoms with Gasteiger partial charge in [0.25, 0.3) is 5.91 Å². The van der Waals surface area contributed by atoms with Crippen molar-refractivity contribution in [2.24, 2.45) is 12.5 Å². The first-order valence-corrected chi connectivity index (χ1v) is 15.3. The first-order valence-electron chi connectivity index (χ1n) is 13.7. The lowest BCUT2D eigenvalue weighted by atomic mass is 9.93. The van der Waals surface area contributed by atoms with Gasteiger partial charge in [-0.3, -0.25) is 9.52 Å². The van der Waals surface area contributed by atoms with E-state index in [1.807, 2.05) is 23.9 Å². The Bertz CT molecular complexity index is 1500. The van der Waals surface area contributed by atoms with Crippen molar-refractivity contribution in [3.8, 4) is 5.88 Å². The molecule has 11 heteroatoms. The topological polar surface area (TPSA) is 126 Å². The molecule has 0 radical (unpaired) electrons. The van der Waals surface area contributed by atoms with Crippen LogP contribution in [0.4, 0.5) is 17.1 Å². The second-order valence-corrected chi connectivity index (χ2v) is 13.0. The molecule has 3 fully saturated rings. The second-order valence-electron chi connectivity index (χ2n) is 11.2. The van der Waals surface area contributed by atoms with Gasteiger partial charge >= 0.3 is 0 Å². The zero-order valence-electron chi connectivity index (χ0n) is 22.1. The highest BCUT2D eigenvalue weighted by atomic mass is 32.2. The summed E-state index contributed by atoms with van der Waals surface area (Å²) < 4.78 is 35.3. The van der Waals surface area contributed by atoms with Gasteiger partial charge in [0.1, 0.15) is 17.3 Å². The van der Waals surface area contributed by atoms with E-state index in [9.17, 15) is 13.2 Å². The maximum Gasteiger partial charge on any atom is 0.274 e. The summed E-state index contributed by atoms with van der Waals surface area (Å²) in [5, 5.41) is 13.0. The third-order valence-corrected chi connectivity index (χ3v) is 9.65. The minimum Gasteiger partial charge on any atom is -0.473 e. The number of aryl methyl sites for hydroxylation is 1. The Morgan fingerprint density at radius 1 is 1.15 bits per heavy atom. The Kier molecular flexibility index (Phi) is 6.66. The molecule has 2 saturated carbocycles. The molecule has 0 atom stereocenters. The lowest BCUT2D eigenvalue weighted by molar-refractivity contribution is 0.101. The predicted molar refractivity (Wildman–Crippen MR) is 151 cm³/mol. The molecule has 3 heterocycles. The van der Waals surface area contributed by atoms with Crippen molar-refractivity contribution < 1.29 is 23.1 Å². The zero-order valence-corrected chi connectivity index (χ0v) is 23.0. The SMILES string of the molecule is Cn1ccc2cc(C(=O)Nc3ccc(NS(=O)(=O)CCO)cc3N3CCC4(CC3)CC4)nc(OC3CCC3)c21. The Balaban J connectivity index is 1.29. The molecule has 208 valence electrons. The Morgan fingerprint density at radius 3 is 2.59 bits per heavy atom. The molecular formula is C28H35N5O5S. The average molecular weight is 554 g/mol. The van der Waals surface area contributed by atoms with Crippen molar-refractivity contribution in [1.29, 1.82) is 0 Å². The molecule has 2 aliphatic carbocycles. The normalized spacial score (nSPS) is 18.7. The van der Waals surface area contributed by atoms with E-state index in [0.717, 1.165) is 61.8 Å². The van der Waals surface area contributed by atoms with E-state index in [1.165, 1.54) is 12.8 Å². The number of benzene rings is 1. The minimum atomic E-state index is -3.68. The number of aliphatic hydroxyl groups is 1. The molecule has 1 aromatic carbocycles. The molecule has 0 bridgehead atoms. The number of amides is 1. The van der Waals surface area contributed by atoms with Crippen molar-refractivity contribution in [3.63, 3.8) is 0 Å². The second kappa shape index (κ2) is 10.0. The molecule has 2 aromatic heterocycles. The molecule has 1 saturated heterocycles. The summed E-state index contributed by atoms with van der Waals surface area (Å²) in [5.74, 6) is -0.273. The number of carbonyl (C=O) groups excluding carboxylic acids is 1. The smallest absolute Gasteiger partial charge is 0.274 e. The lowest BCUT2D eigenvalue weighted by Gasteiger charge is -2.35. The number of fused-ring (bicyclic) bond motifs is 1. The molecule has 3 N–H and O–H groups in total. The fourth-order valence-electron chi connectivity index (χ4n) is 5.53.